The van der Waals surface area contributed by atoms with Crippen LogP contribution in [0.1, 0.15) is 25.3 Å². The summed E-state index contributed by atoms with van der Waals surface area (Å²) in [7, 11) is 0. The third-order valence-electron chi connectivity index (χ3n) is 3.06. The van der Waals surface area contributed by atoms with Crippen molar-refractivity contribution in [2.45, 2.75) is 26.2 Å². The molecule has 0 heterocycles. The molecule has 0 saturated carbocycles. The van der Waals surface area contributed by atoms with Crippen molar-refractivity contribution in [2.75, 3.05) is 13.1 Å². The van der Waals surface area contributed by atoms with Crippen LogP contribution >= 0.6 is 0 Å². The molecule has 0 bridgehead atoms. The largest absolute Gasteiger partial charge is 0.481 e. The molecule has 24 heavy (non-hydrogen) atoms. The Bertz CT molecular complexity index is 596. The molecular weight excluding hydrogens is 312 g/mol. The van der Waals surface area contributed by atoms with E-state index in [1.165, 1.54) is 0 Å². The maximum atomic E-state index is 11.6. The highest BCUT2D eigenvalue weighted by Gasteiger charge is 2.05. The van der Waals surface area contributed by atoms with E-state index < -0.39 is 12.1 Å². The second kappa shape index (κ2) is 10.0. The summed E-state index contributed by atoms with van der Waals surface area (Å²) in [5, 5.41) is 13.9. The molecule has 0 radical (unpaired) electrons. The Morgan fingerprint density at radius 3 is 2.33 bits per heavy atom. The van der Waals surface area contributed by atoms with Gasteiger partial charge in [-0.15, -0.1) is 0 Å². The molecule has 0 aliphatic heterocycles. The van der Waals surface area contributed by atoms with E-state index in [0.29, 0.717) is 37.3 Å². The van der Waals surface area contributed by atoms with Crippen molar-refractivity contribution in [3.63, 3.8) is 0 Å². The first kappa shape index (κ1) is 19.2. The standard InChI is InChI=1S/C17H22N2O5/c1-12(2)16(22)18-10-3-11-19-17(23)24-14-7-4-13(5-8-14)6-9-15(20)21/h4-5,7-8H,1,3,6,9-11H2,2H3,(H,18,22)(H,19,23)(H,20,21). The van der Waals surface area contributed by atoms with Gasteiger partial charge in [0.2, 0.25) is 5.91 Å². The molecule has 7 heteroatoms. The Labute approximate surface area is 140 Å². The quantitative estimate of drug-likeness (QED) is 0.472. The van der Waals surface area contributed by atoms with E-state index in [1.807, 2.05) is 0 Å². The molecule has 1 aromatic rings. The zero-order chi connectivity index (χ0) is 17.9. The van der Waals surface area contributed by atoms with Crippen molar-refractivity contribution in [2.24, 2.45) is 0 Å². The first-order valence-corrected chi connectivity index (χ1v) is 7.58. The Morgan fingerprint density at radius 2 is 1.75 bits per heavy atom. The highest BCUT2D eigenvalue weighted by atomic mass is 16.6. The van der Waals surface area contributed by atoms with Gasteiger partial charge in [-0.05, 0) is 37.5 Å². The molecule has 0 fully saturated rings. The zero-order valence-corrected chi connectivity index (χ0v) is 13.6. The Hall–Kier alpha value is -2.83. The Kier molecular flexibility index (Phi) is 8.04. The SMILES string of the molecule is C=C(C)C(=O)NCCCNC(=O)Oc1ccc(CCC(=O)O)cc1. The maximum Gasteiger partial charge on any atom is 0.412 e. The zero-order valence-electron chi connectivity index (χ0n) is 13.6. The lowest BCUT2D eigenvalue weighted by atomic mass is 10.1. The molecule has 0 aliphatic carbocycles. The van der Waals surface area contributed by atoms with Crippen molar-refractivity contribution in [3.8, 4) is 5.75 Å². The number of nitrogens with one attached hydrogen (secondary N) is 2. The fraction of sp³-hybridized carbons (Fsp3) is 0.353. The van der Waals surface area contributed by atoms with E-state index in [-0.39, 0.29) is 12.3 Å². The van der Waals surface area contributed by atoms with Gasteiger partial charge >= 0.3 is 12.1 Å². The predicted molar refractivity (Wildman–Crippen MR) is 88.9 cm³/mol. The summed E-state index contributed by atoms with van der Waals surface area (Å²) in [6.07, 6.45) is 0.474. The molecule has 7 nitrogen and oxygen atoms in total. The third-order valence-corrected chi connectivity index (χ3v) is 3.06. The van der Waals surface area contributed by atoms with E-state index in [4.69, 9.17) is 9.84 Å². The molecular formula is C17H22N2O5. The second-order valence-electron chi connectivity index (χ2n) is 5.24. The number of aliphatic carboxylic acids is 1. The normalized spacial score (nSPS) is 9.88. The van der Waals surface area contributed by atoms with Crippen LogP contribution in [0.2, 0.25) is 0 Å². The minimum atomic E-state index is -0.853. The summed E-state index contributed by atoms with van der Waals surface area (Å²) < 4.78 is 5.09. The van der Waals surface area contributed by atoms with Gasteiger partial charge in [-0.25, -0.2) is 4.79 Å². The maximum absolute atomic E-state index is 11.6. The fourth-order valence-corrected chi connectivity index (χ4v) is 1.75. The average Bonchev–Trinajstić information content (AvgIpc) is 2.53. The topological polar surface area (TPSA) is 105 Å². The monoisotopic (exact) mass is 334 g/mol. The Balaban J connectivity index is 2.24. The summed E-state index contributed by atoms with van der Waals surface area (Å²) >= 11 is 0. The number of carboxylic acids is 1. The number of aryl methyl sites for hydroxylation is 1. The van der Waals surface area contributed by atoms with E-state index >= 15 is 0 Å². The van der Waals surface area contributed by atoms with Crippen molar-refractivity contribution >= 4 is 18.0 Å². The lowest BCUT2D eigenvalue weighted by molar-refractivity contribution is -0.137. The van der Waals surface area contributed by atoms with Crippen LogP contribution in [0, 0.1) is 0 Å². The third kappa shape index (κ3) is 7.98. The van der Waals surface area contributed by atoms with Gasteiger partial charge < -0.3 is 20.5 Å². The summed E-state index contributed by atoms with van der Waals surface area (Å²) in [6.45, 7) is 5.95. The number of hydrogen-bond acceptors (Lipinski definition) is 4. The Morgan fingerprint density at radius 1 is 1.12 bits per heavy atom. The predicted octanol–water partition coefficient (Wildman–Crippen LogP) is 1.87. The van der Waals surface area contributed by atoms with Crippen molar-refractivity contribution in [3.05, 3.63) is 42.0 Å². The number of carbonyl (C=O) groups is 3. The minimum Gasteiger partial charge on any atom is -0.481 e. The lowest BCUT2D eigenvalue weighted by Crippen LogP contribution is -2.31. The van der Waals surface area contributed by atoms with Gasteiger partial charge in [-0.3, -0.25) is 9.59 Å². The second-order valence-corrected chi connectivity index (χ2v) is 5.24. The van der Waals surface area contributed by atoms with Crippen LogP contribution in [0.4, 0.5) is 4.79 Å². The number of hydrogen-bond donors (Lipinski definition) is 3. The van der Waals surface area contributed by atoms with Crippen molar-refractivity contribution < 1.29 is 24.2 Å². The van der Waals surface area contributed by atoms with Gasteiger partial charge in [0.05, 0.1) is 0 Å². The van der Waals surface area contributed by atoms with Crippen LogP contribution in [0.25, 0.3) is 0 Å². The molecule has 0 atom stereocenters. The number of ether oxygens (including phenoxy) is 1. The molecule has 0 saturated heterocycles. The number of rotatable bonds is 9. The van der Waals surface area contributed by atoms with E-state index in [9.17, 15) is 14.4 Å². The molecule has 1 rings (SSSR count). The minimum absolute atomic E-state index is 0.0581. The molecule has 0 aliphatic rings. The van der Waals surface area contributed by atoms with Crippen LogP contribution in [-0.2, 0) is 16.0 Å². The summed E-state index contributed by atoms with van der Waals surface area (Å²) in [6, 6.07) is 6.67. The summed E-state index contributed by atoms with van der Waals surface area (Å²) in [5.74, 6) is -0.683. The van der Waals surface area contributed by atoms with Crippen LogP contribution < -0.4 is 15.4 Å². The molecule has 0 spiro atoms. The molecule has 0 aromatic heterocycles. The molecule has 2 amide bonds. The van der Waals surface area contributed by atoms with Gasteiger partial charge in [-0.1, -0.05) is 18.7 Å². The van der Waals surface area contributed by atoms with Crippen LogP contribution in [-0.4, -0.2) is 36.2 Å². The van der Waals surface area contributed by atoms with E-state index in [0.717, 1.165) is 5.56 Å². The molecule has 3 N–H and O–H groups in total. The van der Waals surface area contributed by atoms with E-state index in [2.05, 4.69) is 17.2 Å². The van der Waals surface area contributed by atoms with Crippen LogP contribution in [0.3, 0.4) is 0 Å². The lowest BCUT2D eigenvalue weighted by Gasteiger charge is -2.08. The van der Waals surface area contributed by atoms with Gasteiger partial charge in [0.25, 0.3) is 0 Å². The highest BCUT2D eigenvalue weighted by molar-refractivity contribution is 5.92. The highest BCUT2D eigenvalue weighted by Crippen LogP contribution is 2.13. The first-order valence-electron chi connectivity index (χ1n) is 7.58. The van der Waals surface area contributed by atoms with Crippen molar-refractivity contribution in [1.29, 1.82) is 0 Å². The molecule has 1 aromatic carbocycles. The number of carbonyl (C=O) groups excluding carboxylic acids is 2. The number of carboxylic acid groups (broad SMARTS) is 1. The van der Waals surface area contributed by atoms with Gasteiger partial charge in [-0.2, -0.15) is 0 Å². The van der Waals surface area contributed by atoms with Crippen LogP contribution in [0.5, 0.6) is 5.75 Å². The van der Waals surface area contributed by atoms with E-state index in [1.54, 1.807) is 31.2 Å². The smallest absolute Gasteiger partial charge is 0.412 e. The van der Waals surface area contributed by atoms with Crippen LogP contribution in [0.15, 0.2) is 36.4 Å². The van der Waals surface area contributed by atoms with Gasteiger partial charge in [0.1, 0.15) is 5.75 Å². The van der Waals surface area contributed by atoms with Crippen molar-refractivity contribution in [1.82, 2.24) is 10.6 Å². The van der Waals surface area contributed by atoms with Gasteiger partial charge in [0.15, 0.2) is 0 Å². The fourth-order valence-electron chi connectivity index (χ4n) is 1.75. The number of benzene rings is 1. The summed E-state index contributed by atoms with van der Waals surface area (Å²) in [4.78, 5) is 33.3. The average molecular weight is 334 g/mol. The summed E-state index contributed by atoms with van der Waals surface area (Å²) in [5.41, 5.74) is 1.30. The molecule has 130 valence electrons. The van der Waals surface area contributed by atoms with Gasteiger partial charge in [0, 0.05) is 25.1 Å². The molecule has 0 unspecified atom stereocenters. The number of amides is 2. The first-order chi connectivity index (χ1) is 11.4.